The van der Waals surface area contributed by atoms with E-state index in [0.29, 0.717) is 17.9 Å². The SMILES string of the molecule is CNCC1CCCN1C(=O)C1C2CC3CC(C2)CC1C3.Cl. The monoisotopic (exact) mass is 312 g/mol. The fourth-order valence-corrected chi connectivity index (χ4v) is 6.09. The number of amides is 1. The Labute approximate surface area is 134 Å². The molecule has 1 heterocycles. The molecular weight excluding hydrogens is 284 g/mol. The molecule has 0 aromatic heterocycles. The summed E-state index contributed by atoms with van der Waals surface area (Å²) in [5.74, 6) is 4.31. The van der Waals surface area contributed by atoms with Crippen LogP contribution in [0.25, 0.3) is 0 Å². The smallest absolute Gasteiger partial charge is 0.226 e. The molecule has 1 N–H and O–H groups in total. The lowest BCUT2D eigenvalue weighted by Crippen LogP contribution is -2.53. The summed E-state index contributed by atoms with van der Waals surface area (Å²) in [7, 11) is 2.00. The molecule has 21 heavy (non-hydrogen) atoms. The number of rotatable bonds is 3. The van der Waals surface area contributed by atoms with Crippen LogP contribution >= 0.6 is 12.4 Å². The third-order valence-corrected chi connectivity index (χ3v) is 6.61. The number of nitrogens with zero attached hydrogens (tertiary/aromatic N) is 1. The summed E-state index contributed by atoms with van der Waals surface area (Å²) in [4.78, 5) is 15.4. The molecule has 120 valence electrons. The highest BCUT2D eigenvalue weighted by molar-refractivity contribution is 5.85. The van der Waals surface area contributed by atoms with Crippen LogP contribution in [0.1, 0.15) is 44.9 Å². The van der Waals surface area contributed by atoms with Gasteiger partial charge in [-0.2, -0.15) is 0 Å². The summed E-state index contributed by atoms with van der Waals surface area (Å²) in [5, 5.41) is 3.27. The lowest BCUT2D eigenvalue weighted by atomic mass is 9.51. The summed E-state index contributed by atoms with van der Waals surface area (Å²) < 4.78 is 0. The summed E-state index contributed by atoms with van der Waals surface area (Å²) in [6, 6.07) is 0.463. The van der Waals surface area contributed by atoms with Gasteiger partial charge in [-0.05, 0) is 75.7 Å². The van der Waals surface area contributed by atoms with Crippen LogP contribution in [0.3, 0.4) is 0 Å². The van der Waals surface area contributed by atoms with Gasteiger partial charge in [0.15, 0.2) is 0 Å². The van der Waals surface area contributed by atoms with E-state index < -0.39 is 0 Å². The quantitative estimate of drug-likeness (QED) is 0.869. The first-order chi connectivity index (χ1) is 9.76. The van der Waals surface area contributed by atoms with Crippen LogP contribution in [-0.4, -0.2) is 37.0 Å². The van der Waals surface area contributed by atoms with Gasteiger partial charge in [0.2, 0.25) is 5.91 Å². The van der Waals surface area contributed by atoms with Gasteiger partial charge in [-0.15, -0.1) is 12.4 Å². The topological polar surface area (TPSA) is 32.3 Å². The van der Waals surface area contributed by atoms with Crippen LogP contribution in [0.4, 0.5) is 0 Å². The van der Waals surface area contributed by atoms with Crippen molar-refractivity contribution in [1.29, 1.82) is 0 Å². The van der Waals surface area contributed by atoms with Crippen molar-refractivity contribution in [2.24, 2.45) is 29.6 Å². The highest BCUT2D eigenvalue weighted by atomic mass is 35.5. The zero-order valence-electron chi connectivity index (χ0n) is 13.1. The van der Waals surface area contributed by atoms with Crippen molar-refractivity contribution in [2.45, 2.75) is 51.0 Å². The molecule has 0 aromatic rings. The molecule has 1 saturated heterocycles. The van der Waals surface area contributed by atoms with Gasteiger partial charge in [-0.3, -0.25) is 4.79 Å². The second-order valence-electron chi connectivity index (χ2n) is 7.84. The van der Waals surface area contributed by atoms with Crippen molar-refractivity contribution in [3.05, 3.63) is 0 Å². The predicted molar refractivity (Wildman–Crippen MR) is 86.4 cm³/mol. The van der Waals surface area contributed by atoms with Crippen LogP contribution in [0.2, 0.25) is 0 Å². The fraction of sp³-hybridized carbons (Fsp3) is 0.941. The van der Waals surface area contributed by atoms with Crippen LogP contribution in [0.5, 0.6) is 0 Å². The number of hydrogen-bond donors (Lipinski definition) is 1. The van der Waals surface area contributed by atoms with E-state index in [-0.39, 0.29) is 12.4 Å². The standard InChI is InChI=1S/C17H28N2O.ClH/c1-18-10-15-3-2-4-19(15)17(20)16-13-6-11-5-12(8-13)9-14(16)7-11;/h11-16,18H,2-10H2,1H3;1H. The third-order valence-electron chi connectivity index (χ3n) is 6.61. The summed E-state index contributed by atoms with van der Waals surface area (Å²) >= 11 is 0. The van der Waals surface area contributed by atoms with Crippen LogP contribution in [-0.2, 0) is 4.79 Å². The number of halogens is 1. The largest absolute Gasteiger partial charge is 0.338 e. The summed E-state index contributed by atoms with van der Waals surface area (Å²) in [5.41, 5.74) is 0. The Morgan fingerprint density at radius 3 is 2.29 bits per heavy atom. The molecule has 1 unspecified atom stereocenters. The van der Waals surface area contributed by atoms with E-state index in [0.717, 1.165) is 36.8 Å². The Kier molecular flexibility index (Phi) is 4.52. The second-order valence-corrected chi connectivity index (χ2v) is 7.84. The lowest BCUT2D eigenvalue weighted by molar-refractivity contribution is -0.149. The van der Waals surface area contributed by atoms with Crippen molar-refractivity contribution >= 4 is 18.3 Å². The number of likely N-dealkylation sites (N-methyl/N-ethyl adjacent to an activating group) is 1. The summed E-state index contributed by atoms with van der Waals surface area (Å²) in [6.07, 6.45) is 9.29. The number of carbonyl (C=O) groups excluding carboxylic acids is 1. The first-order valence-corrected chi connectivity index (χ1v) is 8.71. The van der Waals surface area contributed by atoms with Crippen molar-refractivity contribution in [3.8, 4) is 0 Å². The molecule has 4 heteroatoms. The minimum absolute atomic E-state index is 0. The average molecular weight is 313 g/mol. The van der Waals surface area contributed by atoms with Gasteiger partial charge in [0.05, 0.1) is 0 Å². The molecule has 4 bridgehead atoms. The Bertz CT molecular complexity index is 372. The van der Waals surface area contributed by atoms with Crippen LogP contribution in [0, 0.1) is 29.6 Å². The van der Waals surface area contributed by atoms with Gasteiger partial charge in [0.25, 0.3) is 0 Å². The lowest BCUT2D eigenvalue weighted by Gasteiger charge is -2.54. The van der Waals surface area contributed by atoms with Crippen molar-refractivity contribution in [1.82, 2.24) is 10.2 Å². The molecule has 4 aliphatic carbocycles. The maximum absolute atomic E-state index is 13.1. The molecule has 0 radical (unpaired) electrons. The van der Waals surface area contributed by atoms with E-state index in [2.05, 4.69) is 10.2 Å². The fourth-order valence-electron chi connectivity index (χ4n) is 6.09. The normalized spacial score (nSPS) is 44.0. The van der Waals surface area contributed by atoms with Gasteiger partial charge in [0.1, 0.15) is 0 Å². The first kappa shape index (κ1) is 15.6. The Morgan fingerprint density at radius 1 is 1.10 bits per heavy atom. The minimum atomic E-state index is 0. The van der Waals surface area contributed by atoms with Crippen molar-refractivity contribution < 1.29 is 4.79 Å². The molecule has 4 saturated carbocycles. The van der Waals surface area contributed by atoms with Gasteiger partial charge < -0.3 is 10.2 Å². The van der Waals surface area contributed by atoms with E-state index in [1.54, 1.807) is 0 Å². The van der Waals surface area contributed by atoms with Crippen LogP contribution < -0.4 is 5.32 Å². The van der Waals surface area contributed by atoms with Crippen molar-refractivity contribution in [2.75, 3.05) is 20.1 Å². The zero-order chi connectivity index (χ0) is 13.7. The van der Waals surface area contributed by atoms with Gasteiger partial charge in [-0.1, -0.05) is 0 Å². The molecule has 0 aromatic carbocycles. The Morgan fingerprint density at radius 2 is 1.71 bits per heavy atom. The minimum Gasteiger partial charge on any atom is -0.338 e. The molecule has 3 nitrogen and oxygen atoms in total. The number of nitrogens with one attached hydrogen (secondary N) is 1. The van der Waals surface area contributed by atoms with Gasteiger partial charge in [0, 0.05) is 25.0 Å². The number of hydrogen-bond acceptors (Lipinski definition) is 2. The highest BCUT2D eigenvalue weighted by Gasteiger charge is 2.52. The number of carbonyl (C=O) groups is 1. The summed E-state index contributed by atoms with van der Waals surface area (Å²) in [6.45, 7) is 1.98. The van der Waals surface area contributed by atoms with Gasteiger partial charge >= 0.3 is 0 Å². The van der Waals surface area contributed by atoms with E-state index in [1.165, 1.54) is 44.9 Å². The van der Waals surface area contributed by atoms with E-state index >= 15 is 0 Å². The molecule has 0 spiro atoms. The maximum atomic E-state index is 13.1. The number of likely N-dealkylation sites (tertiary alicyclic amines) is 1. The Hall–Kier alpha value is -0.280. The second kappa shape index (κ2) is 6.08. The van der Waals surface area contributed by atoms with E-state index in [1.807, 2.05) is 7.05 Å². The molecule has 1 atom stereocenters. The molecule has 5 fully saturated rings. The third kappa shape index (κ3) is 2.61. The Balaban J connectivity index is 0.00000132. The molecule has 5 rings (SSSR count). The van der Waals surface area contributed by atoms with Gasteiger partial charge in [-0.25, -0.2) is 0 Å². The van der Waals surface area contributed by atoms with E-state index in [4.69, 9.17) is 0 Å². The highest BCUT2D eigenvalue weighted by Crippen LogP contribution is 2.57. The van der Waals surface area contributed by atoms with Crippen molar-refractivity contribution in [3.63, 3.8) is 0 Å². The average Bonchev–Trinajstić information content (AvgIpc) is 2.86. The zero-order valence-corrected chi connectivity index (χ0v) is 13.9. The molecule has 5 aliphatic rings. The molecule has 1 aliphatic heterocycles. The van der Waals surface area contributed by atoms with Crippen LogP contribution in [0.15, 0.2) is 0 Å². The maximum Gasteiger partial charge on any atom is 0.226 e. The molecular formula is C17H29ClN2O. The predicted octanol–water partition coefficient (Wildman–Crippen LogP) is 2.69. The van der Waals surface area contributed by atoms with E-state index in [9.17, 15) is 4.79 Å². The first-order valence-electron chi connectivity index (χ1n) is 8.71. The molecule has 1 amide bonds.